The van der Waals surface area contributed by atoms with Gasteiger partial charge >= 0.3 is 0 Å². The van der Waals surface area contributed by atoms with Crippen molar-refractivity contribution in [2.75, 3.05) is 0 Å². The third-order valence-corrected chi connectivity index (χ3v) is 3.94. The number of aliphatic hydroxyl groups excluding tert-OH is 2. The Hall–Kier alpha value is -0.870. The Morgan fingerprint density at radius 1 is 1.19 bits per heavy atom. The Balaban J connectivity index is 1.96. The molecule has 0 amide bonds. The molecule has 16 heavy (non-hydrogen) atoms. The number of ether oxygens (including phenoxy) is 1. The highest BCUT2D eigenvalue weighted by Gasteiger charge is 2.47. The first kappa shape index (κ1) is 10.3. The van der Waals surface area contributed by atoms with E-state index in [1.807, 2.05) is 0 Å². The zero-order valence-electron chi connectivity index (χ0n) is 9.06. The lowest BCUT2D eigenvalue weighted by molar-refractivity contribution is -0.137. The summed E-state index contributed by atoms with van der Waals surface area (Å²) in [6.07, 6.45) is 2.18. The van der Waals surface area contributed by atoms with E-state index in [0.29, 0.717) is 30.6 Å². The largest absolute Gasteiger partial charge is 0.493 e. The number of fused-ring (bicyclic) bond motifs is 1. The number of hydrogen-bond acceptors (Lipinski definition) is 4. The van der Waals surface area contributed by atoms with Crippen LogP contribution in [-0.2, 0) is 9.53 Å². The average Bonchev–Trinajstić information content (AvgIpc) is 2.60. The molecule has 0 saturated heterocycles. The molecule has 0 aromatic carbocycles. The molecule has 0 radical (unpaired) electrons. The summed E-state index contributed by atoms with van der Waals surface area (Å²) in [5.74, 6) is 0.150. The fourth-order valence-corrected chi connectivity index (χ4v) is 3.13. The van der Waals surface area contributed by atoms with Crippen LogP contribution in [0.4, 0.5) is 0 Å². The van der Waals surface area contributed by atoms with Gasteiger partial charge in [-0.1, -0.05) is 0 Å². The molecule has 0 spiro atoms. The highest BCUT2D eigenvalue weighted by atomic mass is 16.5. The molecular formula is C12H16O4. The Kier molecular flexibility index (Phi) is 2.30. The molecule has 4 atom stereocenters. The van der Waals surface area contributed by atoms with Crippen LogP contribution in [0.5, 0.6) is 0 Å². The number of ketones is 1. The molecule has 1 aliphatic heterocycles. The van der Waals surface area contributed by atoms with E-state index < -0.39 is 18.1 Å². The van der Waals surface area contributed by atoms with E-state index in [-0.39, 0.29) is 11.9 Å². The van der Waals surface area contributed by atoms with Gasteiger partial charge in [0.15, 0.2) is 5.78 Å². The Labute approximate surface area is 93.9 Å². The summed E-state index contributed by atoms with van der Waals surface area (Å²) in [6.45, 7) is 0. The molecule has 3 rings (SSSR count). The summed E-state index contributed by atoms with van der Waals surface area (Å²) in [6, 6.07) is 0. The summed E-state index contributed by atoms with van der Waals surface area (Å²) in [5.41, 5.74) is 0.433. The van der Waals surface area contributed by atoms with Crippen molar-refractivity contribution in [2.45, 2.75) is 50.4 Å². The fourth-order valence-electron chi connectivity index (χ4n) is 3.13. The van der Waals surface area contributed by atoms with Gasteiger partial charge in [0.1, 0.15) is 11.9 Å². The number of aliphatic hydroxyl groups is 2. The van der Waals surface area contributed by atoms with Gasteiger partial charge in [0, 0.05) is 6.42 Å². The minimum Gasteiger partial charge on any atom is -0.493 e. The molecule has 3 aliphatic rings. The van der Waals surface area contributed by atoms with Crippen molar-refractivity contribution in [3.8, 4) is 0 Å². The maximum Gasteiger partial charge on any atom is 0.174 e. The van der Waals surface area contributed by atoms with Gasteiger partial charge in [0.25, 0.3) is 0 Å². The summed E-state index contributed by atoms with van der Waals surface area (Å²) >= 11 is 0. The summed E-state index contributed by atoms with van der Waals surface area (Å²) < 4.78 is 5.76. The molecular weight excluding hydrogens is 208 g/mol. The van der Waals surface area contributed by atoms with E-state index in [1.165, 1.54) is 0 Å². The summed E-state index contributed by atoms with van der Waals surface area (Å²) in [4.78, 5) is 12.2. The SMILES string of the molecule is O=C1C2=C(CCC2O)OC2CCCC(O)C12. The molecule has 1 fully saturated rings. The first-order chi connectivity index (χ1) is 7.68. The Morgan fingerprint density at radius 3 is 2.81 bits per heavy atom. The highest BCUT2D eigenvalue weighted by molar-refractivity contribution is 6.00. The van der Waals surface area contributed by atoms with Crippen molar-refractivity contribution in [3.63, 3.8) is 0 Å². The zero-order valence-corrected chi connectivity index (χ0v) is 9.06. The lowest BCUT2D eigenvalue weighted by Gasteiger charge is -2.38. The molecule has 0 bridgehead atoms. The van der Waals surface area contributed by atoms with E-state index in [9.17, 15) is 15.0 Å². The normalized spacial score (nSPS) is 42.8. The minimum absolute atomic E-state index is 0.0801. The third kappa shape index (κ3) is 1.33. The molecule has 2 N–H and O–H groups in total. The van der Waals surface area contributed by atoms with Gasteiger partial charge in [0.05, 0.1) is 23.7 Å². The molecule has 1 saturated carbocycles. The molecule has 0 aromatic rings. The second-order valence-corrected chi connectivity index (χ2v) is 4.94. The predicted octanol–water partition coefficient (Wildman–Crippen LogP) is 0.524. The first-order valence-corrected chi connectivity index (χ1v) is 5.98. The lowest BCUT2D eigenvalue weighted by atomic mass is 9.77. The topological polar surface area (TPSA) is 66.8 Å². The van der Waals surface area contributed by atoms with Crippen LogP contribution in [0, 0.1) is 5.92 Å². The molecule has 1 heterocycles. The van der Waals surface area contributed by atoms with Gasteiger partial charge in [0.2, 0.25) is 0 Å². The van der Waals surface area contributed by atoms with Crippen LogP contribution >= 0.6 is 0 Å². The van der Waals surface area contributed by atoms with Gasteiger partial charge in [-0.15, -0.1) is 0 Å². The van der Waals surface area contributed by atoms with E-state index in [1.54, 1.807) is 0 Å². The number of rotatable bonds is 0. The van der Waals surface area contributed by atoms with Crippen LogP contribution in [0.15, 0.2) is 11.3 Å². The minimum atomic E-state index is -0.683. The third-order valence-electron chi connectivity index (χ3n) is 3.94. The van der Waals surface area contributed by atoms with Gasteiger partial charge in [-0.25, -0.2) is 0 Å². The molecule has 4 nitrogen and oxygen atoms in total. The molecule has 4 heteroatoms. The number of Topliss-reactive ketones (excluding diaryl/α,β-unsaturated/α-hetero) is 1. The Morgan fingerprint density at radius 2 is 2.00 bits per heavy atom. The zero-order chi connectivity index (χ0) is 11.3. The molecule has 88 valence electrons. The first-order valence-electron chi connectivity index (χ1n) is 5.98. The van der Waals surface area contributed by atoms with Gasteiger partial charge < -0.3 is 14.9 Å². The van der Waals surface area contributed by atoms with Crippen LogP contribution in [0.1, 0.15) is 32.1 Å². The van der Waals surface area contributed by atoms with Crippen LogP contribution in [-0.4, -0.2) is 34.3 Å². The van der Waals surface area contributed by atoms with Crippen molar-refractivity contribution in [3.05, 3.63) is 11.3 Å². The van der Waals surface area contributed by atoms with Gasteiger partial charge in [-0.05, 0) is 25.7 Å². The number of carbonyl (C=O) groups excluding carboxylic acids is 1. The van der Waals surface area contributed by atoms with Crippen molar-refractivity contribution < 1.29 is 19.7 Å². The standard InChI is InChI=1S/C12H16O4/c13-6-2-1-3-8-10(6)12(15)11-7(14)4-5-9(11)16-8/h6-8,10,13-14H,1-5H2. The van der Waals surface area contributed by atoms with E-state index in [2.05, 4.69) is 0 Å². The van der Waals surface area contributed by atoms with Crippen molar-refractivity contribution >= 4 is 5.78 Å². The van der Waals surface area contributed by atoms with E-state index >= 15 is 0 Å². The number of carbonyl (C=O) groups is 1. The molecule has 4 unspecified atom stereocenters. The maximum absolute atomic E-state index is 12.2. The van der Waals surface area contributed by atoms with E-state index in [4.69, 9.17) is 4.74 Å². The van der Waals surface area contributed by atoms with Crippen LogP contribution in [0.2, 0.25) is 0 Å². The quantitative estimate of drug-likeness (QED) is 0.629. The van der Waals surface area contributed by atoms with E-state index in [0.717, 1.165) is 12.8 Å². The van der Waals surface area contributed by atoms with Crippen molar-refractivity contribution in [2.24, 2.45) is 5.92 Å². The highest BCUT2D eigenvalue weighted by Crippen LogP contribution is 2.41. The fraction of sp³-hybridized carbons (Fsp3) is 0.750. The summed E-state index contributed by atoms with van der Waals surface area (Å²) in [7, 11) is 0. The number of hydrogen-bond donors (Lipinski definition) is 2. The smallest absolute Gasteiger partial charge is 0.174 e. The van der Waals surface area contributed by atoms with Crippen molar-refractivity contribution in [1.82, 2.24) is 0 Å². The molecule has 2 aliphatic carbocycles. The van der Waals surface area contributed by atoms with Crippen molar-refractivity contribution in [1.29, 1.82) is 0 Å². The van der Waals surface area contributed by atoms with Crippen LogP contribution in [0.25, 0.3) is 0 Å². The lowest BCUT2D eigenvalue weighted by Crippen LogP contribution is -2.46. The maximum atomic E-state index is 12.2. The predicted molar refractivity (Wildman–Crippen MR) is 55.5 cm³/mol. The average molecular weight is 224 g/mol. The Bertz CT molecular complexity index is 360. The van der Waals surface area contributed by atoms with Crippen LogP contribution in [0.3, 0.4) is 0 Å². The second-order valence-electron chi connectivity index (χ2n) is 4.94. The van der Waals surface area contributed by atoms with Gasteiger partial charge in [-0.3, -0.25) is 4.79 Å². The van der Waals surface area contributed by atoms with Gasteiger partial charge in [-0.2, -0.15) is 0 Å². The number of allylic oxidation sites excluding steroid dienone is 1. The molecule has 0 aromatic heterocycles. The monoisotopic (exact) mass is 224 g/mol. The summed E-state index contributed by atoms with van der Waals surface area (Å²) in [5, 5.41) is 19.6. The van der Waals surface area contributed by atoms with Crippen LogP contribution < -0.4 is 0 Å². The second kappa shape index (κ2) is 3.57.